The highest BCUT2D eigenvalue weighted by Gasteiger charge is 2.50. The second-order valence-corrected chi connectivity index (χ2v) is 12.0. The summed E-state index contributed by atoms with van der Waals surface area (Å²) in [5.74, 6) is 1.20. The minimum Gasteiger partial charge on any atom is -0.481 e. The Bertz CT molecular complexity index is 2060. The number of hydrogen-bond acceptors (Lipinski definition) is 10. The molecule has 3 aliphatic heterocycles. The van der Waals surface area contributed by atoms with Crippen LogP contribution in [0.25, 0.3) is 27.7 Å². The van der Waals surface area contributed by atoms with E-state index in [0.29, 0.717) is 53.1 Å². The molecule has 2 unspecified atom stereocenters. The van der Waals surface area contributed by atoms with Crippen molar-refractivity contribution < 1.29 is 9.53 Å². The van der Waals surface area contributed by atoms with Crippen molar-refractivity contribution in [3.05, 3.63) is 72.3 Å². The third-order valence-electron chi connectivity index (χ3n) is 9.26. The molecule has 45 heavy (non-hydrogen) atoms. The molecule has 5 aromatic rings. The molecular formula is C33H28N10O2. The molecule has 0 spiro atoms. The highest BCUT2D eigenvalue weighted by molar-refractivity contribution is 6.00. The van der Waals surface area contributed by atoms with Crippen LogP contribution >= 0.6 is 0 Å². The predicted molar refractivity (Wildman–Crippen MR) is 165 cm³/mol. The van der Waals surface area contributed by atoms with E-state index >= 15 is 0 Å². The SMILES string of the molecule is COc1ccc(CN2C3CC2CN(c2ccc4ncc(-c5cc(NC(=O)C6(C#N)CC6)cn6ncc(C#N)c56)cc4n2)C3)cn1. The van der Waals surface area contributed by atoms with Crippen LogP contribution in [0.5, 0.6) is 5.88 Å². The number of anilines is 2. The monoisotopic (exact) mass is 596 g/mol. The Hall–Kier alpha value is -5.59. The summed E-state index contributed by atoms with van der Waals surface area (Å²) in [6.45, 7) is 2.64. The molecule has 1 aliphatic carbocycles. The molecule has 5 aromatic heterocycles. The van der Waals surface area contributed by atoms with Gasteiger partial charge in [-0.3, -0.25) is 14.7 Å². The standard InChI is InChI=1S/C33H28N10O2/c1-45-30-5-2-20(12-37-30)15-42-24-10-25(42)18-41(17-24)29-4-3-27-28(40-29)8-21(13-36-27)26-9-23(39-32(44)33(19-35)6-7-33)16-43-31(26)22(11-34)14-38-43/h2-5,8-9,12-14,16,24-25H,6-7,10,15,17-18H2,1H3,(H,39,44). The highest BCUT2D eigenvalue weighted by Crippen LogP contribution is 2.46. The van der Waals surface area contributed by atoms with Gasteiger partial charge in [0.15, 0.2) is 0 Å². The van der Waals surface area contributed by atoms with Crippen molar-refractivity contribution >= 4 is 34.0 Å². The summed E-state index contributed by atoms with van der Waals surface area (Å²) in [4.78, 5) is 31.8. The van der Waals surface area contributed by atoms with Crippen LogP contribution in [0, 0.1) is 28.1 Å². The van der Waals surface area contributed by atoms with E-state index in [1.165, 1.54) is 18.2 Å². The van der Waals surface area contributed by atoms with Gasteiger partial charge in [-0.25, -0.2) is 14.5 Å². The first-order valence-corrected chi connectivity index (χ1v) is 14.9. The molecule has 4 aliphatic rings. The first-order valence-electron chi connectivity index (χ1n) is 14.9. The number of methoxy groups -OCH3 is 1. The van der Waals surface area contributed by atoms with Gasteiger partial charge in [0, 0.05) is 61.3 Å². The Morgan fingerprint density at radius 2 is 1.91 bits per heavy atom. The average Bonchev–Trinajstić information content (AvgIpc) is 3.79. The number of nitrogens with zero attached hydrogens (tertiary/aromatic N) is 9. The number of aromatic nitrogens is 5. The number of pyridine rings is 4. The van der Waals surface area contributed by atoms with Crippen LogP contribution in [0.3, 0.4) is 0 Å². The first kappa shape index (κ1) is 27.0. The van der Waals surface area contributed by atoms with Gasteiger partial charge in [-0.05, 0) is 49.1 Å². The Balaban J connectivity index is 1.07. The van der Waals surface area contributed by atoms with Crippen molar-refractivity contribution in [1.82, 2.24) is 29.5 Å². The number of piperidine rings is 1. The van der Waals surface area contributed by atoms with Crippen LogP contribution in [-0.4, -0.2) is 67.7 Å². The highest BCUT2D eigenvalue weighted by atomic mass is 16.5. The quantitative estimate of drug-likeness (QED) is 0.293. The summed E-state index contributed by atoms with van der Waals surface area (Å²) in [5, 5.41) is 26.5. The lowest BCUT2D eigenvalue weighted by Gasteiger charge is -2.56. The zero-order valence-electron chi connectivity index (χ0n) is 24.5. The molecule has 4 fully saturated rings. The predicted octanol–water partition coefficient (Wildman–Crippen LogP) is 3.93. The van der Waals surface area contributed by atoms with Gasteiger partial charge >= 0.3 is 0 Å². The number of hydrogen-bond donors (Lipinski definition) is 1. The third-order valence-corrected chi connectivity index (χ3v) is 9.26. The number of nitriles is 2. The molecule has 2 bridgehead atoms. The van der Waals surface area contributed by atoms with Crippen molar-refractivity contribution in [2.45, 2.75) is 37.9 Å². The van der Waals surface area contributed by atoms with E-state index < -0.39 is 5.41 Å². The fourth-order valence-electron chi connectivity index (χ4n) is 6.54. The molecule has 3 saturated heterocycles. The summed E-state index contributed by atoms with van der Waals surface area (Å²) in [7, 11) is 1.62. The fraction of sp³-hybridized carbons (Fsp3) is 0.303. The smallest absolute Gasteiger partial charge is 0.244 e. The zero-order valence-corrected chi connectivity index (χ0v) is 24.5. The lowest BCUT2D eigenvalue weighted by Crippen LogP contribution is -2.68. The van der Waals surface area contributed by atoms with Gasteiger partial charge in [0.1, 0.15) is 17.3 Å². The molecule has 1 saturated carbocycles. The van der Waals surface area contributed by atoms with Crippen molar-refractivity contribution in [2.24, 2.45) is 5.41 Å². The molecule has 2 atom stereocenters. The van der Waals surface area contributed by atoms with Crippen LogP contribution in [-0.2, 0) is 11.3 Å². The van der Waals surface area contributed by atoms with E-state index in [1.54, 1.807) is 30.1 Å². The fourth-order valence-corrected chi connectivity index (χ4v) is 6.54. The zero-order chi connectivity index (χ0) is 30.7. The van der Waals surface area contributed by atoms with Crippen molar-refractivity contribution in [1.29, 1.82) is 10.5 Å². The van der Waals surface area contributed by atoms with Crippen LogP contribution in [0.1, 0.15) is 30.4 Å². The topological polar surface area (TPSA) is 148 Å². The van der Waals surface area contributed by atoms with E-state index in [2.05, 4.69) is 43.4 Å². The Labute approximate surface area is 258 Å². The van der Waals surface area contributed by atoms with Gasteiger partial charge in [-0.2, -0.15) is 15.6 Å². The number of carbonyl (C=O) groups is 1. The third kappa shape index (κ3) is 4.58. The second kappa shape index (κ2) is 10.3. The Morgan fingerprint density at radius 1 is 1.07 bits per heavy atom. The summed E-state index contributed by atoms with van der Waals surface area (Å²) in [6, 6.07) is 17.0. The minimum atomic E-state index is -0.971. The number of fused-ring (bicyclic) bond motifs is 4. The summed E-state index contributed by atoms with van der Waals surface area (Å²) < 4.78 is 6.77. The maximum Gasteiger partial charge on any atom is 0.244 e. The molecule has 222 valence electrons. The molecule has 8 heterocycles. The average molecular weight is 597 g/mol. The number of piperazine rings is 1. The lowest BCUT2D eigenvalue weighted by atomic mass is 9.87. The van der Waals surface area contributed by atoms with Crippen LogP contribution in [0.4, 0.5) is 11.5 Å². The lowest BCUT2D eigenvalue weighted by molar-refractivity contribution is -0.119. The maximum atomic E-state index is 12.8. The van der Waals surface area contributed by atoms with E-state index in [1.807, 2.05) is 30.5 Å². The molecule has 9 rings (SSSR count). The van der Waals surface area contributed by atoms with Crippen molar-refractivity contribution in [2.75, 3.05) is 30.4 Å². The van der Waals surface area contributed by atoms with E-state index in [4.69, 9.17) is 14.7 Å². The molecular weight excluding hydrogens is 568 g/mol. The van der Waals surface area contributed by atoms with Crippen molar-refractivity contribution in [3.63, 3.8) is 0 Å². The van der Waals surface area contributed by atoms with E-state index in [9.17, 15) is 15.3 Å². The molecule has 0 aromatic carbocycles. The van der Waals surface area contributed by atoms with Gasteiger partial charge in [0.05, 0.1) is 53.4 Å². The first-order chi connectivity index (χ1) is 22.0. The Kier molecular flexibility index (Phi) is 6.15. The molecule has 0 radical (unpaired) electrons. The summed E-state index contributed by atoms with van der Waals surface area (Å²) in [6.07, 6.45) is 9.06. The molecule has 12 heteroatoms. The largest absolute Gasteiger partial charge is 0.481 e. The number of carbonyl (C=O) groups excluding carboxylic acids is 1. The molecule has 1 amide bonds. The minimum absolute atomic E-state index is 0.329. The summed E-state index contributed by atoms with van der Waals surface area (Å²) in [5.41, 5.74) is 4.63. The van der Waals surface area contributed by atoms with Crippen LogP contribution in [0.15, 0.2) is 61.2 Å². The van der Waals surface area contributed by atoms with Crippen LogP contribution in [0.2, 0.25) is 0 Å². The van der Waals surface area contributed by atoms with E-state index in [-0.39, 0.29) is 5.91 Å². The van der Waals surface area contributed by atoms with Crippen LogP contribution < -0.4 is 15.0 Å². The maximum absolute atomic E-state index is 12.8. The van der Waals surface area contributed by atoms with Gasteiger partial charge in [0.2, 0.25) is 11.8 Å². The Morgan fingerprint density at radius 3 is 2.62 bits per heavy atom. The van der Waals surface area contributed by atoms with E-state index in [0.717, 1.165) is 42.0 Å². The van der Waals surface area contributed by atoms with Gasteiger partial charge < -0.3 is 15.0 Å². The van der Waals surface area contributed by atoms with Crippen molar-refractivity contribution in [3.8, 4) is 29.1 Å². The number of ether oxygens (including phenoxy) is 1. The number of rotatable bonds is 7. The second-order valence-electron chi connectivity index (χ2n) is 12.0. The number of nitrogens with one attached hydrogen (secondary N) is 1. The van der Waals surface area contributed by atoms with Gasteiger partial charge in [-0.1, -0.05) is 6.07 Å². The normalized spacial score (nSPS) is 19.8. The summed E-state index contributed by atoms with van der Waals surface area (Å²) >= 11 is 0. The van der Waals surface area contributed by atoms with Gasteiger partial charge in [-0.15, -0.1) is 0 Å². The number of amides is 1. The molecule has 1 N–H and O–H groups in total. The van der Waals surface area contributed by atoms with Gasteiger partial charge in [0.25, 0.3) is 0 Å². The molecule has 12 nitrogen and oxygen atoms in total.